The first-order valence-corrected chi connectivity index (χ1v) is 8.64. The fourth-order valence-corrected chi connectivity index (χ4v) is 3.43. The largest absolute Gasteiger partial charge is 0.337 e. The molecule has 2 aromatic carbocycles. The minimum atomic E-state index is -0.158. The predicted molar refractivity (Wildman–Crippen MR) is 94.9 cm³/mol. The molecule has 124 valence electrons. The highest BCUT2D eigenvalue weighted by Crippen LogP contribution is 2.39. The third-order valence-electron chi connectivity index (χ3n) is 3.69. The van der Waals surface area contributed by atoms with Crippen LogP contribution in [-0.2, 0) is 7.05 Å². The molecule has 4 rings (SSSR count). The van der Waals surface area contributed by atoms with E-state index >= 15 is 0 Å². The number of hydrogen-bond donors (Lipinski definition) is 0. The van der Waals surface area contributed by atoms with Gasteiger partial charge in [-0.2, -0.15) is 4.98 Å². The molecule has 4 aromatic rings. The maximum Gasteiger partial charge on any atom is 0.245 e. The van der Waals surface area contributed by atoms with Crippen LogP contribution in [-0.4, -0.2) is 24.9 Å². The topological polar surface area (TPSA) is 69.6 Å². The lowest BCUT2D eigenvalue weighted by atomic mass is 10.1. The monoisotopic (exact) mass is 349 g/mol. The average molecular weight is 349 g/mol. The third kappa shape index (κ3) is 3.32. The minimum Gasteiger partial charge on any atom is -0.337 e. The van der Waals surface area contributed by atoms with Crippen LogP contribution in [0.5, 0.6) is 0 Å². The molecule has 0 saturated carbocycles. The Kier molecular flexibility index (Phi) is 4.30. The molecule has 7 heteroatoms. The Morgan fingerprint density at radius 1 is 1.00 bits per heavy atom. The van der Waals surface area contributed by atoms with E-state index in [0.717, 1.165) is 16.3 Å². The third-order valence-corrected chi connectivity index (χ3v) is 4.98. The quantitative estimate of drug-likeness (QED) is 0.511. The fourth-order valence-electron chi connectivity index (χ4n) is 2.42. The van der Waals surface area contributed by atoms with Crippen molar-refractivity contribution in [2.75, 3.05) is 0 Å². The SMILES string of the molecule is Cn1cnnc1S[C@H](c1ccccc1)c1nc(-c2ccccc2)no1. The molecule has 0 N–H and O–H groups in total. The van der Waals surface area contributed by atoms with Crippen LogP contribution in [0.2, 0.25) is 0 Å². The van der Waals surface area contributed by atoms with Crippen molar-refractivity contribution < 1.29 is 4.52 Å². The van der Waals surface area contributed by atoms with E-state index in [9.17, 15) is 0 Å². The summed E-state index contributed by atoms with van der Waals surface area (Å²) in [5, 5.41) is 12.9. The van der Waals surface area contributed by atoms with Crippen molar-refractivity contribution in [2.24, 2.45) is 7.05 Å². The van der Waals surface area contributed by atoms with Crippen LogP contribution in [0.3, 0.4) is 0 Å². The van der Waals surface area contributed by atoms with E-state index in [1.165, 1.54) is 11.8 Å². The van der Waals surface area contributed by atoms with Gasteiger partial charge in [0.05, 0.1) is 0 Å². The Hall–Kier alpha value is -2.93. The van der Waals surface area contributed by atoms with Crippen molar-refractivity contribution in [3.05, 3.63) is 78.4 Å². The molecule has 0 unspecified atom stereocenters. The number of benzene rings is 2. The van der Waals surface area contributed by atoms with E-state index in [4.69, 9.17) is 4.52 Å². The normalized spacial score (nSPS) is 12.2. The molecule has 0 aliphatic heterocycles. The molecule has 0 fully saturated rings. The zero-order valence-corrected chi connectivity index (χ0v) is 14.3. The number of hydrogen-bond acceptors (Lipinski definition) is 6. The summed E-state index contributed by atoms with van der Waals surface area (Å²) in [7, 11) is 1.91. The van der Waals surface area contributed by atoms with Gasteiger partial charge in [-0.15, -0.1) is 10.2 Å². The molecule has 6 nitrogen and oxygen atoms in total. The van der Waals surface area contributed by atoms with Crippen molar-refractivity contribution in [3.63, 3.8) is 0 Å². The standard InChI is InChI=1S/C18H15N5OS/c1-23-12-19-21-18(23)25-15(13-8-4-2-5-9-13)17-20-16(22-24-17)14-10-6-3-7-11-14/h2-12,15H,1H3/t15-/m1/s1. The van der Waals surface area contributed by atoms with E-state index < -0.39 is 0 Å². The van der Waals surface area contributed by atoms with E-state index in [-0.39, 0.29) is 5.25 Å². The van der Waals surface area contributed by atoms with Crippen LogP contribution in [0.4, 0.5) is 0 Å². The van der Waals surface area contributed by atoms with Crippen LogP contribution in [0.15, 0.2) is 76.7 Å². The Labute approximate surface area is 148 Å². The number of nitrogens with zero attached hydrogens (tertiary/aromatic N) is 5. The molecule has 0 aliphatic carbocycles. The fraction of sp³-hybridized carbons (Fsp3) is 0.111. The van der Waals surface area contributed by atoms with E-state index in [2.05, 4.69) is 20.3 Å². The second-order valence-corrected chi connectivity index (χ2v) is 6.53. The number of thioether (sulfide) groups is 1. The van der Waals surface area contributed by atoms with Gasteiger partial charge in [0.2, 0.25) is 11.7 Å². The molecule has 0 radical (unpaired) electrons. The van der Waals surface area contributed by atoms with Crippen molar-refractivity contribution in [1.29, 1.82) is 0 Å². The molecule has 0 bridgehead atoms. The van der Waals surface area contributed by atoms with Crippen molar-refractivity contribution in [2.45, 2.75) is 10.4 Å². The summed E-state index contributed by atoms with van der Waals surface area (Å²) in [4.78, 5) is 4.61. The zero-order valence-electron chi connectivity index (χ0n) is 13.5. The summed E-state index contributed by atoms with van der Waals surface area (Å²) in [5.74, 6) is 1.12. The van der Waals surface area contributed by atoms with Gasteiger partial charge >= 0.3 is 0 Å². The summed E-state index contributed by atoms with van der Waals surface area (Å²) in [6.07, 6.45) is 1.67. The van der Waals surface area contributed by atoms with E-state index in [0.29, 0.717) is 11.7 Å². The van der Waals surface area contributed by atoms with Gasteiger partial charge in [-0.1, -0.05) is 77.6 Å². The molecule has 0 spiro atoms. The average Bonchev–Trinajstić information content (AvgIpc) is 3.30. The lowest BCUT2D eigenvalue weighted by Crippen LogP contribution is -2.00. The molecular formula is C18H15N5OS. The number of rotatable bonds is 5. The summed E-state index contributed by atoms with van der Waals surface area (Å²) in [6.45, 7) is 0. The summed E-state index contributed by atoms with van der Waals surface area (Å²) < 4.78 is 7.45. The lowest BCUT2D eigenvalue weighted by molar-refractivity contribution is 0.384. The second kappa shape index (κ2) is 6.90. The minimum absolute atomic E-state index is 0.158. The van der Waals surface area contributed by atoms with Crippen LogP contribution < -0.4 is 0 Å². The predicted octanol–water partition coefficient (Wildman–Crippen LogP) is 3.75. The Morgan fingerprint density at radius 2 is 1.72 bits per heavy atom. The lowest BCUT2D eigenvalue weighted by Gasteiger charge is -2.11. The van der Waals surface area contributed by atoms with Crippen LogP contribution in [0.25, 0.3) is 11.4 Å². The van der Waals surface area contributed by atoms with Crippen LogP contribution >= 0.6 is 11.8 Å². The highest BCUT2D eigenvalue weighted by Gasteiger charge is 2.24. The molecule has 0 saturated heterocycles. The van der Waals surface area contributed by atoms with Crippen LogP contribution in [0, 0.1) is 0 Å². The maximum atomic E-state index is 5.58. The Bertz CT molecular complexity index is 952. The van der Waals surface area contributed by atoms with Gasteiger partial charge in [0.15, 0.2) is 5.16 Å². The first-order valence-electron chi connectivity index (χ1n) is 7.76. The van der Waals surface area contributed by atoms with Gasteiger partial charge in [-0.3, -0.25) is 0 Å². The first-order chi connectivity index (χ1) is 12.3. The summed E-state index contributed by atoms with van der Waals surface area (Å²) >= 11 is 1.53. The van der Waals surface area contributed by atoms with Gasteiger partial charge < -0.3 is 9.09 Å². The Balaban J connectivity index is 1.71. The highest BCUT2D eigenvalue weighted by atomic mass is 32.2. The molecule has 0 amide bonds. The molecule has 25 heavy (non-hydrogen) atoms. The van der Waals surface area contributed by atoms with Gasteiger partial charge in [0.25, 0.3) is 0 Å². The molecule has 2 aromatic heterocycles. The van der Waals surface area contributed by atoms with E-state index in [1.807, 2.05) is 72.3 Å². The Morgan fingerprint density at radius 3 is 2.40 bits per heavy atom. The van der Waals surface area contributed by atoms with E-state index in [1.54, 1.807) is 6.33 Å². The zero-order chi connectivity index (χ0) is 17.1. The first kappa shape index (κ1) is 15.6. The summed E-state index contributed by atoms with van der Waals surface area (Å²) in [6, 6.07) is 19.8. The van der Waals surface area contributed by atoms with Gasteiger partial charge in [-0.25, -0.2) is 0 Å². The van der Waals surface area contributed by atoms with Gasteiger partial charge in [0.1, 0.15) is 11.6 Å². The molecule has 1 atom stereocenters. The molecular weight excluding hydrogens is 334 g/mol. The molecule has 0 aliphatic rings. The number of aryl methyl sites for hydroxylation is 1. The van der Waals surface area contributed by atoms with Crippen LogP contribution in [0.1, 0.15) is 16.7 Å². The summed E-state index contributed by atoms with van der Waals surface area (Å²) in [5.41, 5.74) is 1.99. The van der Waals surface area contributed by atoms with Crippen molar-refractivity contribution in [3.8, 4) is 11.4 Å². The van der Waals surface area contributed by atoms with Crippen molar-refractivity contribution >= 4 is 11.8 Å². The van der Waals surface area contributed by atoms with Gasteiger partial charge in [-0.05, 0) is 5.56 Å². The second-order valence-electron chi connectivity index (χ2n) is 5.46. The van der Waals surface area contributed by atoms with Gasteiger partial charge in [0, 0.05) is 12.6 Å². The number of aromatic nitrogens is 5. The molecule has 2 heterocycles. The highest BCUT2D eigenvalue weighted by molar-refractivity contribution is 7.99. The maximum absolute atomic E-state index is 5.58. The smallest absolute Gasteiger partial charge is 0.245 e. The van der Waals surface area contributed by atoms with Crippen molar-refractivity contribution in [1.82, 2.24) is 24.9 Å².